The second kappa shape index (κ2) is 5.53. The Morgan fingerprint density at radius 1 is 1.11 bits per heavy atom. The maximum atomic E-state index is 12.8. The summed E-state index contributed by atoms with van der Waals surface area (Å²) in [4.78, 5) is 0. The number of aryl methyl sites for hydroxylation is 2. The third-order valence-electron chi connectivity index (χ3n) is 2.81. The highest BCUT2D eigenvalue weighted by Gasteiger charge is 2.04. The van der Waals surface area contributed by atoms with Gasteiger partial charge in [-0.05, 0) is 64.7 Å². The highest BCUT2D eigenvalue weighted by Crippen LogP contribution is 2.28. The fourth-order valence-corrected chi connectivity index (χ4v) is 2.75. The van der Waals surface area contributed by atoms with Crippen LogP contribution >= 0.6 is 15.9 Å². The van der Waals surface area contributed by atoms with Crippen LogP contribution in [0.5, 0.6) is 0 Å². The van der Waals surface area contributed by atoms with Gasteiger partial charge in [-0.3, -0.25) is 0 Å². The largest absolute Gasteiger partial charge is 0.380 e. The van der Waals surface area contributed by atoms with Gasteiger partial charge in [-0.1, -0.05) is 18.2 Å². The van der Waals surface area contributed by atoms with Crippen LogP contribution in [0.4, 0.5) is 10.1 Å². The maximum absolute atomic E-state index is 12.8. The van der Waals surface area contributed by atoms with E-state index >= 15 is 0 Å². The Bertz CT molecular complexity index is 526. The average molecular weight is 308 g/mol. The van der Waals surface area contributed by atoms with E-state index in [4.69, 9.17) is 0 Å². The molecule has 0 heterocycles. The molecule has 2 aromatic carbocycles. The summed E-state index contributed by atoms with van der Waals surface area (Å²) in [5.41, 5.74) is 4.57. The predicted molar refractivity (Wildman–Crippen MR) is 77.3 cm³/mol. The molecule has 0 spiro atoms. The number of nitrogens with one attached hydrogen (secondary N) is 1. The van der Waals surface area contributed by atoms with E-state index in [1.165, 1.54) is 23.3 Å². The topological polar surface area (TPSA) is 12.0 Å². The Morgan fingerprint density at radius 3 is 2.39 bits per heavy atom. The average Bonchev–Trinajstić information content (AvgIpc) is 2.30. The summed E-state index contributed by atoms with van der Waals surface area (Å²) in [6.07, 6.45) is 0. The van der Waals surface area contributed by atoms with E-state index in [0.717, 1.165) is 15.7 Å². The molecule has 0 aliphatic carbocycles. The number of hydrogen-bond donors (Lipinski definition) is 1. The number of rotatable bonds is 3. The molecule has 2 rings (SSSR count). The van der Waals surface area contributed by atoms with Gasteiger partial charge in [0.2, 0.25) is 0 Å². The molecule has 1 N–H and O–H groups in total. The minimum absolute atomic E-state index is 0.202. The van der Waals surface area contributed by atoms with E-state index in [-0.39, 0.29) is 5.82 Å². The number of halogens is 2. The highest BCUT2D eigenvalue weighted by atomic mass is 79.9. The van der Waals surface area contributed by atoms with Crippen molar-refractivity contribution in [3.63, 3.8) is 0 Å². The van der Waals surface area contributed by atoms with Crippen molar-refractivity contribution in [2.75, 3.05) is 5.32 Å². The fourth-order valence-electron chi connectivity index (χ4n) is 1.93. The minimum atomic E-state index is -0.202. The van der Waals surface area contributed by atoms with Gasteiger partial charge in [0.05, 0.1) is 5.69 Å². The molecule has 0 saturated heterocycles. The molecule has 94 valence electrons. The zero-order valence-corrected chi connectivity index (χ0v) is 12.0. The monoisotopic (exact) mass is 307 g/mol. The van der Waals surface area contributed by atoms with Crippen LogP contribution in [-0.4, -0.2) is 0 Å². The number of benzene rings is 2. The van der Waals surface area contributed by atoms with Crippen molar-refractivity contribution in [2.45, 2.75) is 20.4 Å². The second-order valence-corrected chi connectivity index (χ2v) is 5.27. The van der Waals surface area contributed by atoms with Crippen molar-refractivity contribution in [3.8, 4) is 0 Å². The van der Waals surface area contributed by atoms with Crippen molar-refractivity contribution in [1.82, 2.24) is 0 Å². The van der Waals surface area contributed by atoms with Crippen LogP contribution in [0.15, 0.2) is 40.9 Å². The van der Waals surface area contributed by atoms with E-state index in [9.17, 15) is 4.39 Å². The van der Waals surface area contributed by atoms with Crippen molar-refractivity contribution >= 4 is 21.6 Å². The van der Waals surface area contributed by atoms with Crippen molar-refractivity contribution in [3.05, 3.63) is 63.4 Å². The van der Waals surface area contributed by atoms with Gasteiger partial charge in [-0.2, -0.15) is 0 Å². The first-order chi connectivity index (χ1) is 8.56. The molecule has 0 unspecified atom stereocenters. The molecule has 0 amide bonds. The van der Waals surface area contributed by atoms with Gasteiger partial charge in [-0.25, -0.2) is 4.39 Å². The maximum Gasteiger partial charge on any atom is 0.123 e. The quantitative estimate of drug-likeness (QED) is 0.857. The molecule has 0 aliphatic rings. The molecular formula is C15H15BrFN. The lowest BCUT2D eigenvalue weighted by Gasteiger charge is -2.13. The van der Waals surface area contributed by atoms with Crippen LogP contribution in [-0.2, 0) is 6.54 Å². The molecule has 0 bridgehead atoms. The van der Waals surface area contributed by atoms with Crippen LogP contribution in [0.25, 0.3) is 0 Å². The first-order valence-electron chi connectivity index (χ1n) is 5.81. The van der Waals surface area contributed by atoms with Crippen LogP contribution in [0.3, 0.4) is 0 Å². The Morgan fingerprint density at radius 2 is 1.78 bits per heavy atom. The Labute approximate surface area is 115 Å². The number of anilines is 1. The molecule has 0 aliphatic heterocycles. The SMILES string of the molecule is Cc1cc(C)c(NCc2ccc(F)cc2)c(Br)c1. The second-order valence-electron chi connectivity index (χ2n) is 4.42. The molecule has 0 aromatic heterocycles. The molecular weight excluding hydrogens is 293 g/mol. The lowest BCUT2D eigenvalue weighted by atomic mass is 10.1. The van der Waals surface area contributed by atoms with Gasteiger partial charge in [0.25, 0.3) is 0 Å². The van der Waals surface area contributed by atoms with E-state index in [1.54, 1.807) is 12.1 Å². The highest BCUT2D eigenvalue weighted by molar-refractivity contribution is 9.10. The first kappa shape index (κ1) is 13.1. The predicted octanol–water partition coefficient (Wildman–Crippen LogP) is 4.82. The molecule has 1 nitrogen and oxygen atoms in total. The first-order valence-corrected chi connectivity index (χ1v) is 6.60. The third-order valence-corrected chi connectivity index (χ3v) is 3.44. The van der Waals surface area contributed by atoms with Gasteiger partial charge in [-0.15, -0.1) is 0 Å². The third kappa shape index (κ3) is 3.10. The van der Waals surface area contributed by atoms with Gasteiger partial charge < -0.3 is 5.32 Å². The Balaban J connectivity index is 2.13. The molecule has 3 heteroatoms. The van der Waals surface area contributed by atoms with E-state index < -0.39 is 0 Å². The zero-order valence-electron chi connectivity index (χ0n) is 10.4. The summed E-state index contributed by atoms with van der Waals surface area (Å²) in [7, 11) is 0. The molecule has 0 radical (unpaired) electrons. The zero-order chi connectivity index (χ0) is 13.1. The van der Waals surface area contributed by atoms with Crippen LogP contribution in [0, 0.1) is 19.7 Å². The van der Waals surface area contributed by atoms with E-state index in [1.807, 2.05) is 0 Å². The van der Waals surface area contributed by atoms with Gasteiger partial charge in [0.15, 0.2) is 0 Å². The summed E-state index contributed by atoms with van der Waals surface area (Å²) >= 11 is 3.56. The van der Waals surface area contributed by atoms with Gasteiger partial charge in [0.1, 0.15) is 5.82 Å². The fraction of sp³-hybridized carbons (Fsp3) is 0.200. The van der Waals surface area contributed by atoms with Crippen LogP contribution in [0.1, 0.15) is 16.7 Å². The van der Waals surface area contributed by atoms with Gasteiger partial charge >= 0.3 is 0 Å². The normalized spacial score (nSPS) is 10.4. The molecule has 18 heavy (non-hydrogen) atoms. The van der Waals surface area contributed by atoms with Crippen molar-refractivity contribution < 1.29 is 4.39 Å². The van der Waals surface area contributed by atoms with E-state index in [2.05, 4.69) is 47.2 Å². The summed E-state index contributed by atoms with van der Waals surface area (Å²) in [6.45, 7) is 4.83. The molecule has 2 aromatic rings. The lowest BCUT2D eigenvalue weighted by molar-refractivity contribution is 0.627. The van der Waals surface area contributed by atoms with Crippen LogP contribution < -0.4 is 5.32 Å². The molecule has 0 fully saturated rings. The molecule has 0 atom stereocenters. The summed E-state index contributed by atoms with van der Waals surface area (Å²) in [5, 5.41) is 3.37. The lowest BCUT2D eigenvalue weighted by Crippen LogP contribution is -2.02. The van der Waals surface area contributed by atoms with Crippen LogP contribution in [0.2, 0.25) is 0 Å². The summed E-state index contributed by atoms with van der Waals surface area (Å²) < 4.78 is 13.9. The van der Waals surface area contributed by atoms with Crippen molar-refractivity contribution in [1.29, 1.82) is 0 Å². The minimum Gasteiger partial charge on any atom is -0.380 e. The van der Waals surface area contributed by atoms with Gasteiger partial charge in [0, 0.05) is 11.0 Å². The standard InChI is InChI=1S/C15H15BrFN/c1-10-7-11(2)15(14(16)8-10)18-9-12-3-5-13(17)6-4-12/h3-8,18H,9H2,1-2H3. The Hall–Kier alpha value is -1.35. The smallest absolute Gasteiger partial charge is 0.123 e. The summed E-state index contributed by atoms with van der Waals surface area (Å²) in [6, 6.07) is 10.8. The molecule has 0 saturated carbocycles. The van der Waals surface area contributed by atoms with E-state index in [0.29, 0.717) is 6.54 Å². The number of hydrogen-bond acceptors (Lipinski definition) is 1. The Kier molecular flexibility index (Phi) is 4.02. The summed E-state index contributed by atoms with van der Waals surface area (Å²) in [5.74, 6) is -0.202. The van der Waals surface area contributed by atoms with Crippen molar-refractivity contribution in [2.24, 2.45) is 0 Å².